The first-order chi connectivity index (χ1) is 21.2. The van der Waals surface area contributed by atoms with Gasteiger partial charge in [-0.3, -0.25) is 0 Å². The molecule has 0 saturated carbocycles. The van der Waals surface area contributed by atoms with Gasteiger partial charge >= 0.3 is 6.09 Å². The molecule has 2 aromatic carbocycles. The monoisotopic (exact) mass is 596 g/mol. The lowest BCUT2D eigenvalue weighted by molar-refractivity contribution is 0.0240. The van der Waals surface area contributed by atoms with Crippen molar-refractivity contribution in [3.63, 3.8) is 0 Å². The van der Waals surface area contributed by atoms with Gasteiger partial charge < -0.3 is 24.2 Å². The van der Waals surface area contributed by atoms with Gasteiger partial charge in [-0.25, -0.2) is 9.78 Å². The zero-order valence-electron chi connectivity index (χ0n) is 25.9. The smallest absolute Gasteiger partial charge is 0.410 e. The quantitative estimate of drug-likeness (QED) is 0.256. The van der Waals surface area contributed by atoms with E-state index in [1.54, 1.807) is 4.90 Å². The number of aromatic nitrogens is 3. The molecule has 2 aliphatic rings. The first kappa shape index (κ1) is 29.6. The van der Waals surface area contributed by atoms with E-state index in [1.165, 1.54) is 5.56 Å². The second-order valence-electron chi connectivity index (χ2n) is 12.3. The van der Waals surface area contributed by atoms with E-state index in [9.17, 15) is 4.79 Å². The molecule has 2 fully saturated rings. The van der Waals surface area contributed by atoms with Crippen LogP contribution in [0.15, 0.2) is 70.9 Å². The number of morpholine rings is 1. The number of fused-ring (bicyclic) bond motifs is 1. The fraction of sp³-hybridized carbons (Fsp3) is 0.424. The molecular formula is C33H40N8O3. The number of hydrogen-bond acceptors (Lipinski definition) is 9. The Morgan fingerprint density at radius 2 is 1.68 bits per heavy atom. The van der Waals surface area contributed by atoms with Gasteiger partial charge in [-0.1, -0.05) is 42.0 Å². The second kappa shape index (κ2) is 12.6. The molecule has 2 aliphatic heterocycles. The maximum Gasteiger partial charge on any atom is 0.410 e. The minimum absolute atomic E-state index is 0.250. The molecule has 230 valence electrons. The van der Waals surface area contributed by atoms with E-state index in [1.807, 2.05) is 43.5 Å². The largest absolute Gasteiger partial charge is 0.444 e. The standard InChI is InChI=1S/C33H40N8O3/c1-24-6-5-7-25(20-24)23-34-36-29-22-31(39-16-18-43-19-17-39)41-30(35-29)21-28(37-41)26-8-10-27(11-9-26)38-12-14-40(15-13-38)32(42)44-33(2,3)4/h5-11,20-22H,12-19,23H2,1-4H3. The van der Waals surface area contributed by atoms with E-state index < -0.39 is 5.60 Å². The molecule has 1 amide bonds. The van der Waals surface area contributed by atoms with E-state index in [2.05, 4.69) is 69.4 Å². The average Bonchev–Trinajstić information content (AvgIpc) is 3.45. The summed E-state index contributed by atoms with van der Waals surface area (Å²) in [6.45, 7) is 13.9. The Morgan fingerprint density at radius 1 is 0.932 bits per heavy atom. The van der Waals surface area contributed by atoms with Crippen molar-refractivity contribution in [1.82, 2.24) is 19.5 Å². The van der Waals surface area contributed by atoms with E-state index in [4.69, 9.17) is 19.6 Å². The molecule has 6 rings (SSSR count). The van der Waals surface area contributed by atoms with Crippen LogP contribution < -0.4 is 9.80 Å². The molecule has 4 heterocycles. The van der Waals surface area contributed by atoms with Gasteiger partial charge in [0.15, 0.2) is 11.5 Å². The number of anilines is 2. The van der Waals surface area contributed by atoms with Crippen LogP contribution in [0, 0.1) is 6.92 Å². The van der Waals surface area contributed by atoms with Crippen LogP contribution in [0.25, 0.3) is 16.9 Å². The van der Waals surface area contributed by atoms with Gasteiger partial charge in [0, 0.05) is 62.7 Å². The number of ether oxygens (including phenoxy) is 2. The van der Waals surface area contributed by atoms with Crippen molar-refractivity contribution in [2.75, 3.05) is 62.3 Å². The lowest BCUT2D eigenvalue weighted by Gasteiger charge is -2.36. The van der Waals surface area contributed by atoms with Gasteiger partial charge in [0.05, 0.1) is 25.5 Å². The van der Waals surface area contributed by atoms with E-state index in [0.29, 0.717) is 38.7 Å². The summed E-state index contributed by atoms with van der Waals surface area (Å²) in [5.41, 5.74) is 5.49. The lowest BCUT2D eigenvalue weighted by Crippen LogP contribution is -2.50. The number of amides is 1. The molecule has 2 aromatic heterocycles. The number of piperazine rings is 1. The third kappa shape index (κ3) is 6.99. The summed E-state index contributed by atoms with van der Waals surface area (Å²) in [5.74, 6) is 1.48. The first-order valence-electron chi connectivity index (χ1n) is 15.2. The minimum atomic E-state index is -0.492. The van der Waals surface area contributed by atoms with Gasteiger partial charge in [0.25, 0.3) is 0 Å². The molecule has 11 nitrogen and oxygen atoms in total. The summed E-state index contributed by atoms with van der Waals surface area (Å²) < 4.78 is 13.0. The predicted molar refractivity (Wildman–Crippen MR) is 171 cm³/mol. The van der Waals surface area contributed by atoms with Crippen molar-refractivity contribution in [2.45, 2.75) is 39.8 Å². The highest BCUT2D eigenvalue weighted by Crippen LogP contribution is 2.29. The van der Waals surface area contributed by atoms with E-state index in [0.717, 1.165) is 60.2 Å². The number of carbonyl (C=O) groups is 1. The SMILES string of the molecule is Cc1cccc(CN=Nc2cc(N3CCOCC3)n3nc(-c4ccc(N5CCN(C(=O)OC(C)(C)C)CC5)cc4)cc3n2)c1. The second-order valence-corrected chi connectivity index (χ2v) is 12.3. The zero-order valence-corrected chi connectivity index (χ0v) is 25.9. The van der Waals surface area contributed by atoms with Crippen LogP contribution in [0.2, 0.25) is 0 Å². The highest BCUT2D eigenvalue weighted by molar-refractivity contribution is 5.70. The van der Waals surface area contributed by atoms with Crippen molar-refractivity contribution in [3.8, 4) is 11.3 Å². The third-order valence-electron chi connectivity index (χ3n) is 7.70. The number of aryl methyl sites for hydroxylation is 1. The molecule has 0 atom stereocenters. The van der Waals surface area contributed by atoms with Gasteiger partial charge in [-0.05, 0) is 45.4 Å². The summed E-state index contributed by atoms with van der Waals surface area (Å²) in [5, 5.41) is 13.9. The fourth-order valence-corrected chi connectivity index (χ4v) is 5.47. The number of nitrogens with zero attached hydrogens (tertiary/aromatic N) is 8. The fourth-order valence-electron chi connectivity index (χ4n) is 5.47. The molecule has 0 radical (unpaired) electrons. The molecule has 0 unspecified atom stereocenters. The Morgan fingerprint density at radius 3 is 2.39 bits per heavy atom. The molecule has 0 aliphatic carbocycles. The van der Waals surface area contributed by atoms with Crippen molar-refractivity contribution in [2.24, 2.45) is 10.2 Å². The van der Waals surface area contributed by atoms with Crippen LogP contribution in [0.4, 0.5) is 22.1 Å². The molecule has 4 aromatic rings. The lowest BCUT2D eigenvalue weighted by atomic mass is 10.1. The van der Waals surface area contributed by atoms with E-state index in [-0.39, 0.29) is 6.09 Å². The molecule has 44 heavy (non-hydrogen) atoms. The minimum Gasteiger partial charge on any atom is -0.444 e. The Labute approximate surface area is 258 Å². The molecule has 2 saturated heterocycles. The van der Waals surface area contributed by atoms with Gasteiger partial charge in [-0.2, -0.15) is 14.7 Å². The van der Waals surface area contributed by atoms with Crippen molar-refractivity contribution in [1.29, 1.82) is 0 Å². The van der Waals surface area contributed by atoms with Crippen LogP contribution in [0.1, 0.15) is 31.9 Å². The Hall–Kier alpha value is -4.51. The molecular weight excluding hydrogens is 556 g/mol. The van der Waals surface area contributed by atoms with Crippen LogP contribution in [-0.4, -0.2) is 83.7 Å². The summed E-state index contributed by atoms with van der Waals surface area (Å²) in [6, 6.07) is 20.6. The Bertz CT molecular complexity index is 1630. The number of benzene rings is 2. The van der Waals surface area contributed by atoms with Gasteiger partial charge in [0.2, 0.25) is 0 Å². The van der Waals surface area contributed by atoms with Crippen LogP contribution in [-0.2, 0) is 16.0 Å². The third-order valence-corrected chi connectivity index (χ3v) is 7.70. The Kier molecular flexibility index (Phi) is 8.47. The summed E-state index contributed by atoms with van der Waals surface area (Å²) >= 11 is 0. The van der Waals surface area contributed by atoms with Crippen molar-refractivity contribution >= 4 is 29.1 Å². The zero-order chi connectivity index (χ0) is 30.7. The van der Waals surface area contributed by atoms with Gasteiger partial charge in [-0.15, -0.1) is 5.11 Å². The molecule has 0 spiro atoms. The molecule has 0 N–H and O–H groups in total. The van der Waals surface area contributed by atoms with Gasteiger partial charge in [0.1, 0.15) is 11.4 Å². The van der Waals surface area contributed by atoms with Crippen LogP contribution in [0.3, 0.4) is 0 Å². The highest BCUT2D eigenvalue weighted by Gasteiger charge is 2.26. The van der Waals surface area contributed by atoms with Crippen molar-refractivity contribution < 1.29 is 14.3 Å². The average molecular weight is 597 g/mol. The number of hydrogen-bond donors (Lipinski definition) is 0. The maximum atomic E-state index is 12.5. The summed E-state index contributed by atoms with van der Waals surface area (Å²) in [6.07, 6.45) is -0.250. The number of carbonyl (C=O) groups excluding carboxylic acids is 1. The molecule has 0 bridgehead atoms. The predicted octanol–water partition coefficient (Wildman–Crippen LogP) is 5.88. The highest BCUT2D eigenvalue weighted by atomic mass is 16.6. The van der Waals surface area contributed by atoms with Crippen molar-refractivity contribution in [3.05, 3.63) is 71.8 Å². The molecule has 11 heteroatoms. The summed E-state index contributed by atoms with van der Waals surface area (Å²) in [7, 11) is 0. The topological polar surface area (TPSA) is 100 Å². The normalized spacial score (nSPS) is 16.2. The number of azo groups is 1. The number of rotatable bonds is 6. The van der Waals surface area contributed by atoms with Crippen LogP contribution >= 0.6 is 0 Å². The first-order valence-corrected chi connectivity index (χ1v) is 15.2. The summed E-state index contributed by atoms with van der Waals surface area (Å²) in [4.78, 5) is 23.6. The van der Waals surface area contributed by atoms with E-state index >= 15 is 0 Å². The Balaban J connectivity index is 1.20. The van der Waals surface area contributed by atoms with Crippen LogP contribution in [0.5, 0.6) is 0 Å². The maximum absolute atomic E-state index is 12.5.